The van der Waals surface area contributed by atoms with Crippen molar-refractivity contribution in [2.24, 2.45) is 5.92 Å². The summed E-state index contributed by atoms with van der Waals surface area (Å²) in [6.07, 6.45) is 3.21. The summed E-state index contributed by atoms with van der Waals surface area (Å²) in [6, 6.07) is 10.6. The topological polar surface area (TPSA) is 43.8 Å². The Labute approximate surface area is 120 Å². The van der Waals surface area contributed by atoms with Crippen molar-refractivity contribution in [2.75, 3.05) is 5.73 Å². The van der Waals surface area contributed by atoms with E-state index in [0.717, 1.165) is 30.9 Å². The van der Waals surface area contributed by atoms with Crippen molar-refractivity contribution >= 4 is 5.82 Å². The van der Waals surface area contributed by atoms with E-state index < -0.39 is 0 Å². The fraction of sp³-hybridized carbons (Fsp3) is 0.471. The fourth-order valence-electron chi connectivity index (χ4n) is 3.08. The first-order valence-electron chi connectivity index (χ1n) is 7.54. The van der Waals surface area contributed by atoms with Crippen LogP contribution >= 0.6 is 0 Å². The van der Waals surface area contributed by atoms with Crippen LogP contribution in [0.15, 0.2) is 30.3 Å². The third-order valence-corrected chi connectivity index (χ3v) is 4.39. The number of aromatic nitrogens is 2. The summed E-state index contributed by atoms with van der Waals surface area (Å²) >= 11 is 0. The van der Waals surface area contributed by atoms with Gasteiger partial charge in [0.2, 0.25) is 0 Å². The Hall–Kier alpha value is -1.77. The lowest BCUT2D eigenvalue weighted by molar-refractivity contribution is 0.397. The van der Waals surface area contributed by atoms with Crippen molar-refractivity contribution in [3.8, 4) is 0 Å². The van der Waals surface area contributed by atoms with Gasteiger partial charge in [0.15, 0.2) is 0 Å². The van der Waals surface area contributed by atoms with Crippen molar-refractivity contribution in [3.63, 3.8) is 0 Å². The smallest absolute Gasteiger partial charge is 0.126 e. The van der Waals surface area contributed by atoms with Crippen LogP contribution in [0.25, 0.3) is 0 Å². The molecule has 0 bridgehead atoms. The number of hydrogen-bond donors (Lipinski definition) is 1. The van der Waals surface area contributed by atoms with Crippen LogP contribution in [-0.4, -0.2) is 9.55 Å². The predicted octanol–water partition coefficient (Wildman–Crippen LogP) is 3.39. The molecule has 1 aliphatic rings. The van der Waals surface area contributed by atoms with Crippen LogP contribution in [0.3, 0.4) is 0 Å². The van der Waals surface area contributed by atoms with E-state index in [1.165, 1.54) is 17.8 Å². The van der Waals surface area contributed by atoms with E-state index >= 15 is 0 Å². The Bertz CT molecular complexity index is 586. The van der Waals surface area contributed by atoms with Crippen molar-refractivity contribution in [2.45, 2.75) is 45.6 Å². The maximum absolute atomic E-state index is 6.31. The van der Waals surface area contributed by atoms with Gasteiger partial charge in [0.05, 0.1) is 5.69 Å². The Morgan fingerprint density at radius 3 is 2.85 bits per heavy atom. The van der Waals surface area contributed by atoms with Crippen LogP contribution in [0.5, 0.6) is 0 Å². The maximum atomic E-state index is 6.31. The zero-order valence-electron chi connectivity index (χ0n) is 12.3. The van der Waals surface area contributed by atoms with Gasteiger partial charge in [-0.2, -0.15) is 0 Å². The standard InChI is InChI=1S/C17H23N3/c1-12-8-9-16-19-15(17(18)20(16)11-12)10-13(2)14-6-4-3-5-7-14/h3-7,12-13H,8-11,18H2,1-2H3. The van der Waals surface area contributed by atoms with E-state index in [4.69, 9.17) is 10.7 Å². The number of aryl methyl sites for hydroxylation is 1. The molecule has 0 radical (unpaired) electrons. The normalized spacial score (nSPS) is 19.6. The van der Waals surface area contributed by atoms with Gasteiger partial charge in [-0.1, -0.05) is 44.2 Å². The number of anilines is 1. The number of imidazole rings is 1. The SMILES string of the molecule is CC1CCc2nc(CC(C)c3ccccc3)c(N)n2C1. The van der Waals surface area contributed by atoms with Gasteiger partial charge in [-0.15, -0.1) is 0 Å². The minimum Gasteiger partial charge on any atom is -0.384 e. The van der Waals surface area contributed by atoms with E-state index in [9.17, 15) is 0 Å². The zero-order chi connectivity index (χ0) is 14.1. The molecule has 2 heterocycles. The van der Waals surface area contributed by atoms with Crippen LogP contribution in [0.4, 0.5) is 5.82 Å². The van der Waals surface area contributed by atoms with E-state index in [1.54, 1.807) is 0 Å². The molecule has 0 aliphatic carbocycles. The van der Waals surface area contributed by atoms with Crippen molar-refractivity contribution in [3.05, 3.63) is 47.4 Å². The Balaban J connectivity index is 1.82. The van der Waals surface area contributed by atoms with Crippen LogP contribution < -0.4 is 5.73 Å². The molecule has 3 heteroatoms. The summed E-state index contributed by atoms with van der Waals surface area (Å²) in [6.45, 7) is 5.55. The summed E-state index contributed by atoms with van der Waals surface area (Å²) in [5.41, 5.74) is 8.74. The molecular formula is C17H23N3. The number of nitrogens with two attached hydrogens (primary N) is 1. The largest absolute Gasteiger partial charge is 0.384 e. The molecule has 1 aliphatic heterocycles. The average Bonchev–Trinajstić information content (AvgIpc) is 2.76. The first-order valence-corrected chi connectivity index (χ1v) is 7.54. The lowest BCUT2D eigenvalue weighted by atomic mass is 9.96. The van der Waals surface area contributed by atoms with E-state index in [2.05, 4.69) is 48.7 Å². The highest BCUT2D eigenvalue weighted by Gasteiger charge is 2.22. The van der Waals surface area contributed by atoms with Crippen LogP contribution in [-0.2, 0) is 19.4 Å². The molecule has 2 aromatic rings. The van der Waals surface area contributed by atoms with Crippen molar-refractivity contribution in [1.82, 2.24) is 9.55 Å². The molecule has 0 fully saturated rings. The van der Waals surface area contributed by atoms with E-state index in [-0.39, 0.29) is 0 Å². The lowest BCUT2D eigenvalue weighted by Gasteiger charge is -2.20. The van der Waals surface area contributed by atoms with Crippen LogP contribution in [0, 0.1) is 5.92 Å². The molecule has 2 N–H and O–H groups in total. The minimum absolute atomic E-state index is 0.452. The molecule has 0 saturated heterocycles. The fourth-order valence-corrected chi connectivity index (χ4v) is 3.08. The number of hydrogen-bond acceptors (Lipinski definition) is 2. The van der Waals surface area contributed by atoms with E-state index in [1.807, 2.05) is 0 Å². The van der Waals surface area contributed by atoms with Crippen molar-refractivity contribution < 1.29 is 0 Å². The molecule has 0 saturated carbocycles. The maximum Gasteiger partial charge on any atom is 0.126 e. The van der Waals surface area contributed by atoms with Gasteiger partial charge in [0.25, 0.3) is 0 Å². The second-order valence-electron chi connectivity index (χ2n) is 6.13. The highest BCUT2D eigenvalue weighted by atomic mass is 15.1. The third-order valence-electron chi connectivity index (χ3n) is 4.39. The first-order chi connectivity index (χ1) is 9.65. The molecule has 20 heavy (non-hydrogen) atoms. The molecule has 0 spiro atoms. The molecule has 3 nitrogen and oxygen atoms in total. The van der Waals surface area contributed by atoms with Gasteiger partial charge >= 0.3 is 0 Å². The van der Waals surface area contributed by atoms with Crippen LogP contribution in [0.1, 0.15) is 43.3 Å². The zero-order valence-corrected chi connectivity index (χ0v) is 12.3. The monoisotopic (exact) mass is 269 g/mol. The average molecular weight is 269 g/mol. The first kappa shape index (κ1) is 13.2. The second-order valence-corrected chi connectivity index (χ2v) is 6.13. The Kier molecular flexibility index (Phi) is 3.51. The second kappa shape index (κ2) is 5.31. The quantitative estimate of drug-likeness (QED) is 0.928. The number of benzene rings is 1. The predicted molar refractivity (Wildman–Crippen MR) is 82.7 cm³/mol. The lowest BCUT2D eigenvalue weighted by Crippen LogP contribution is -2.19. The molecule has 106 valence electrons. The van der Waals surface area contributed by atoms with Crippen molar-refractivity contribution in [1.29, 1.82) is 0 Å². The van der Waals surface area contributed by atoms with Gasteiger partial charge in [-0.25, -0.2) is 4.98 Å². The number of nitrogens with zero attached hydrogens (tertiary/aromatic N) is 2. The minimum atomic E-state index is 0.452. The highest BCUT2D eigenvalue weighted by molar-refractivity contribution is 5.40. The third kappa shape index (κ3) is 2.45. The van der Waals surface area contributed by atoms with E-state index in [0.29, 0.717) is 11.8 Å². The summed E-state index contributed by atoms with van der Waals surface area (Å²) in [5.74, 6) is 3.22. The number of rotatable bonds is 3. The highest BCUT2D eigenvalue weighted by Crippen LogP contribution is 2.28. The molecule has 2 atom stereocenters. The molecule has 2 unspecified atom stereocenters. The summed E-state index contributed by atoms with van der Waals surface area (Å²) in [5, 5.41) is 0. The molecule has 0 amide bonds. The van der Waals surface area contributed by atoms with Gasteiger partial charge < -0.3 is 10.3 Å². The molecule has 1 aromatic heterocycles. The van der Waals surface area contributed by atoms with Gasteiger partial charge in [-0.3, -0.25) is 0 Å². The van der Waals surface area contributed by atoms with Gasteiger partial charge in [0, 0.05) is 13.0 Å². The molecule has 3 rings (SSSR count). The Morgan fingerprint density at radius 2 is 2.10 bits per heavy atom. The summed E-state index contributed by atoms with van der Waals surface area (Å²) in [4.78, 5) is 4.79. The molecular weight excluding hydrogens is 246 g/mol. The Morgan fingerprint density at radius 1 is 1.35 bits per heavy atom. The van der Waals surface area contributed by atoms with Gasteiger partial charge in [0.1, 0.15) is 11.6 Å². The molecule has 1 aromatic carbocycles. The van der Waals surface area contributed by atoms with Crippen LogP contribution in [0.2, 0.25) is 0 Å². The van der Waals surface area contributed by atoms with Gasteiger partial charge in [-0.05, 0) is 30.2 Å². The summed E-state index contributed by atoms with van der Waals surface area (Å²) in [7, 11) is 0. The number of nitrogen functional groups attached to an aromatic ring is 1. The summed E-state index contributed by atoms with van der Waals surface area (Å²) < 4.78 is 2.22. The number of fused-ring (bicyclic) bond motifs is 1.